The Morgan fingerprint density at radius 3 is 2.44 bits per heavy atom. The fourth-order valence-electron chi connectivity index (χ4n) is 5.44. The van der Waals surface area contributed by atoms with Crippen LogP contribution in [-0.2, 0) is 9.59 Å². The van der Waals surface area contributed by atoms with Crippen molar-refractivity contribution in [2.75, 3.05) is 13.1 Å². The molecule has 5 nitrogen and oxygen atoms in total. The average Bonchev–Trinajstić information content (AvgIpc) is 3.68. The van der Waals surface area contributed by atoms with Crippen molar-refractivity contribution in [2.45, 2.75) is 83.6 Å². The molecule has 0 bridgehead atoms. The molecule has 2 aliphatic carbocycles. The minimum absolute atomic E-state index is 0. The molecule has 3 fully saturated rings. The van der Waals surface area contributed by atoms with Gasteiger partial charge >= 0.3 is 0 Å². The van der Waals surface area contributed by atoms with E-state index in [9.17, 15) is 14.4 Å². The number of benzene rings is 1. The second-order valence-electron chi connectivity index (χ2n) is 10.4. The fraction of sp³-hybridized carbons (Fsp3) is 0.667. The Balaban J connectivity index is 0.00000306. The number of amides is 2. The number of carbonyl (C=O) groups excluding carboxylic acids is 3. The highest BCUT2D eigenvalue weighted by molar-refractivity contribution is 5.98. The summed E-state index contributed by atoms with van der Waals surface area (Å²) in [5, 5.41) is 3.11. The molecular weight excluding hydrogens is 400 g/mol. The van der Waals surface area contributed by atoms with E-state index in [2.05, 4.69) is 11.4 Å². The largest absolute Gasteiger partial charge is 0.342 e. The number of nitrogens with one attached hydrogen (secondary N) is 1. The maximum absolute atomic E-state index is 13.2. The zero-order valence-corrected chi connectivity index (χ0v) is 19.6. The van der Waals surface area contributed by atoms with E-state index in [1.54, 1.807) is 0 Å². The zero-order valence-electron chi connectivity index (χ0n) is 19.6. The molecule has 1 aliphatic heterocycles. The summed E-state index contributed by atoms with van der Waals surface area (Å²) in [6, 6.07) is 7.43. The second kappa shape index (κ2) is 10.2. The molecule has 1 aromatic rings. The van der Waals surface area contributed by atoms with Crippen molar-refractivity contribution in [1.29, 1.82) is 0 Å². The number of hydrogen-bond donors (Lipinski definition) is 1. The summed E-state index contributed by atoms with van der Waals surface area (Å²) >= 11 is 0. The van der Waals surface area contributed by atoms with E-state index in [-0.39, 0.29) is 36.8 Å². The number of piperidine rings is 1. The first-order valence-corrected chi connectivity index (χ1v) is 12.7. The molecular formula is C27H40N2O3. The standard InChI is InChI=1S/C27H38N2O3.H2/c1-18(2)25(30)24(19-8-4-3-5-9-19)28-26(31)22-11-6-10-21(16-22)23-12-7-15-29(17-23)27(32)20-13-14-20;/h6,10-11,16,18-20,23-24H,3-5,7-9,12-15,17H2,1-2H3,(H,28,31);1H/t23-,24-;/m0./s1. The van der Waals surface area contributed by atoms with Crippen LogP contribution >= 0.6 is 0 Å². The van der Waals surface area contributed by atoms with Gasteiger partial charge in [0.15, 0.2) is 5.78 Å². The van der Waals surface area contributed by atoms with Crippen LogP contribution in [0.15, 0.2) is 24.3 Å². The topological polar surface area (TPSA) is 66.5 Å². The van der Waals surface area contributed by atoms with Gasteiger partial charge in [-0.1, -0.05) is 45.2 Å². The summed E-state index contributed by atoms with van der Waals surface area (Å²) in [4.78, 5) is 40.7. The molecule has 3 aliphatic rings. The molecule has 0 unspecified atom stereocenters. The third-order valence-corrected chi connectivity index (χ3v) is 7.56. The van der Waals surface area contributed by atoms with Crippen molar-refractivity contribution in [1.82, 2.24) is 10.2 Å². The summed E-state index contributed by atoms with van der Waals surface area (Å²) in [6.45, 7) is 5.44. The highest BCUT2D eigenvalue weighted by atomic mass is 16.2. The molecule has 1 N–H and O–H groups in total. The lowest BCUT2D eigenvalue weighted by Crippen LogP contribution is -2.48. The van der Waals surface area contributed by atoms with E-state index in [0.717, 1.165) is 70.0 Å². The minimum Gasteiger partial charge on any atom is -0.342 e. The van der Waals surface area contributed by atoms with Crippen molar-refractivity contribution >= 4 is 17.6 Å². The molecule has 2 saturated carbocycles. The lowest BCUT2D eigenvalue weighted by molar-refractivity contribution is -0.133. The van der Waals surface area contributed by atoms with Gasteiger partial charge in [-0.05, 0) is 62.1 Å². The van der Waals surface area contributed by atoms with Gasteiger partial charge in [-0.3, -0.25) is 14.4 Å². The van der Waals surface area contributed by atoms with Gasteiger partial charge in [0, 0.05) is 37.8 Å². The Kier molecular flexibility index (Phi) is 7.32. The molecule has 1 aromatic carbocycles. The van der Waals surface area contributed by atoms with E-state index in [4.69, 9.17) is 0 Å². The third-order valence-electron chi connectivity index (χ3n) is 7.56. The van der Waals surface area contributed by atoms with Gasteiger partial charge in [-0.2, -0.15) is 0 Å². The summed E-state index contributed by atoms with van der Waals surface area (Å²) in [7, 11) is 0. The summed E-state index contributed by atoms with van der Waals surface area (Å²) in [5.41, 5.74) is 1.74. The molecule has 2 atom stereocenters. The Morgan fingerprint density at radius 2 is 1.75 bits per heavy atom. The van der Waals surface area contributed by atoms with Crippen molar-refractivity contribution in [3.05, 3.63) is 35.4 Å². The van der Waals surface area contributed by atoms with E-state index >= 15 is 0 Å². The lowest BCUT2D eigenvalue weighted by Gasteiger charge is -2.33. The molecule has 0 aromatic heterocycles. The minimum atomic E-state index is -0.396. The Hall–Kier alpha value is -2.17. The molecule has 4 rings (SSSR count). The van der Waals surface area contributed by atoms with Crippen molar-refractivity contribution in [2.24, 2.45) is 17.8 Å². The predicted octanol–water partition coefficient (Wildman–Crippen LogP) is 4.95. The molecule has 32 heavy (non-hydrogen) atoms. The van der Waals surface area contributed by atoms with Gasteiger partial charge in [0.1, 0.15) is 0 Å². The quantitative estimate of drug-likeness (QED) is 0.652. The lowest BCUT2D eigenvalue weighted by atomic mass is 9.80. The highest BCUT2D eigenvalue weighted by Gasteiger charge is 2.36. The maximum Gasteiger partial charge on any atom is 0.251 e. The van der Waals surface area contributed by atoms with Crippen molar-refractivity contribution in [3.63, 3.8) is 0 Å². The van der Waals surface area contributed by atoms with Crippen LogP contribution in [0.2, 0.25) is 0 Å². The number of hydrogen-bond acceptors (Lipinski definition) is 3. The number of likely N-dealkylation sites (tertiary alicyclic amines) is 1. The Morgan fingerprint density at radius 1 is 1.00 bits per heavy atom. The summed E-state index contributed by atoms with van der Waals surface area (Å²) in [5.74, 6) is 0.968. The highest BCUT2D eigenvalue weighted by Crippen LogP contribution is 2.34. The van der Waals surface area contributed by atoms with E-state index < -0.39 is 6.04 Å². The van der Waals surface area contributed by atoms with E-state index in [0.29, 0.717) is 11.5 Å². The van der Waals surface area contributed by atoms with Crippen LogP contribution in [0.3, 0.4) is 0 Å². The predicted molar refractivity (Wildman–Crippen MR) is 128 cm³/mol. The molecule has 176 valence electrons. The van der Waals surface area contributed by atoms with Crippen LogP contribution in [-0.4, -0.2) is 41.6 Å². The molecule has 0 radical (unpaired) electrons. The van der Waals surface area contributed by atoms with Gasteiger partial charge in [0.05, 0.1) is 6.04 Å². The zero-order chi connectivity index (χ0) is 22.7. The molecule has 1 heterocycles. The number of nitrogens with zero attached hydrogens (tertiary/aromatic N) is 1. The smallest absolute Gasteiger partial charge is 0.251 e. The second-order valence-corrected chi connectivity index (χ2v) is 10.4. The van der Waals surface area contributed by atoms with Crippen molar-refractivity contribution in [3.8, 4) is 0 Å². The number of rotatable bonds is 7. The van der Waals surface area contributed by atoms with Crippen LogP contribution in [0.1, 0.15) is 94.9 Å². The first-order valence-electron chi connectivity index (χ1n) is 12.7. The molecule has 2 amide bonds. The summed E-state index contributed by atoms with van der Waals surface area (Å²) < 4.78 is 0. The number of ketones is 1. The normalized spacial score (nSPS) is 23.1. The van der Waals surface area contributed by atoms with E-state index in [1.165, 1.54) is 6.42 Å². The van der Waals surface area contributed by atoms with Gasteiger partial charge in [0.2, 0.25) is 5.91 Å². The van der Waals surface area contributed by atoms with Crippen LogP contribution in [0.4, 0.5) is 0 Å². The number of carbonyl (C=O) groups is 3. The molecule has 5 heteroatoms. The monoisotopic (exact) mass is 440 g/mol. The van der Waals surface area contributed by atoms with Crippen LogP contribution in [0.25, 0.3) is 0 Å². The van der Waals surface area contributed by atoms with E-state index in [1.807, 2.05) is 36.9 Å². The average molecular weight is 441 g/mol. The summed E-state index contributed by atoms with van der Waals surface area (Å²) in [6.07, 6.45) is 9.62. The first kappa shape index (κ1) is 23.0. The van der Waals surface area contributed by atoms with Gasteiger partial charge in [-0.15, -0.1) is 0 Å². The van der Waals surface area contributed by atoms with Gasteiger partial charge in [-0.25, -0.2) is 0 Å². The third kappa shape index (κ3) is 5.41. The first-order chi connectivity index (χ1) is 15.4. The number of Topliss-reactive ketones (excluding diaryl/α,β-unsaturated/α-hetero) is 1. The maximum atomic E-state index is 13.2. The Labute approximate surface area is 193 Å². The fourth-order valence-corrected chi connectivity index (χ4v) is 5.44. The SMILES string of the molecule is CC(C)C(=O)[C@@H](NC(=O)c1cccc([C@H]2CCCN(C(=O)C3CC3)C2)c1)C1CCCCC1.[HH]. The van der Waals surface area contributed by atoms with Crippen LogP contribution in [0, 0.1) is 17.8 Å². The van der Waals surface area contributed by atoms with Crippen LogP contribution < -0.4 is 5.32 Å². The van der Waals surface area contributed by atoms with Gasteiger partial charge < -0.3 is 10.2 Å². The van der Waals surface area contributed by atoms with Crippen molar-refractivity contribution < 1.29 is 15.8 Å². The van der Waals surface area contributed by atoms with Gasteiger partial charge in [0.25, 0.3) is 5.91 Å². The Bertz CT molecular complexity index is 846. The molecule has 0 spiro atoms. The van der Waals surface area contributed by atoms with Crippen LogP contribution in [0.5, 0.6) is 0 Å². The molecule has 1 saturated heterocycles.